The third kappa shape index (κ3) is 6.18. The summed E-state index contributed by atoms with van der Waals surface area (Å²) in [6, 6.07) is 13.4. The molecule has 0 fully saturated rings. The number of carbonyl (C=O) groups excluding carboxylic acids is 1. The monoisotopic (exact) mass is 506 g/mol. The van der Waals surface area contributed by atoms with Crippen molar-refractivity contribution >= 4 is 28.1 Å². The van der Waals surface area contributed by atoms with Crippen molar-refractivity contribution in [2.75, 3.05) is 24.7 Å². The molecule has 2 aromatic carbocycles. The number of aliphatic hydroxyl groups is 6. The first-order valence-electron chi connectivity index (χ1n) is 10.2. The summed E-state index contributed by atoms with van der Waals surface area (Å²) in [5.41, 5.74) is 5.61. The van der Waals surface area contributed by atoms with Crippen LogP contribution in [-0.4, -0.2) is 61.1 Å². The fraction of sp³-hybridized carbons (Fsp3) is 0.273. The summed E-state index contributed by atoms with van der Waals surface area (Å²) in [5.74, 6) is -9.33. The molecule has 1 heterocycles. The first-order chi connectivity index (χ1) is 16.4. The van der Waals surface area contributed by atoms with Gasteiger partial charge in [-0.15, -0.1) is 11.3 Å². The number of rotatable bonds is 10. The zero-order chi connectivity index (χ0) is 25.9. The Morgan fingerprint density at radius 2 is 1.69 bits per heavy atom. The minimum absolute atomic E-state index is 0.0517. The number of ether oxygens (including phenoxy) is 1. The maximum atomic E-state index is 12.3. The molecule has 188 valence electrons. The molecule has 3 rings (SSSR count). The molecule has 1 atom stereocenters. The number of carbonyl (C=O) groups is 1. The summed E-state index contributed by atoms with van der Waals surface area (Å²) >= 11 is 0.929. The average Bonchev–Trinajstić information content (AvgIpc) is 3.26. The molecular weight excluding hydrogens is 480 g/mol. The molecular formula is C22H26N4O8S. The van der Waals surface area contributed by atoms with Gasteiger partial charge in [0.1, 0.15) is 5.69 Å². The molecule has 13 heteroatoms. The Balaban J connectivity index is 1.66. The average molecular weight is 507 g/mol. The maximum Gasteiger partial charge on any atom is 0.291 e. The van der Waals surface area contributed by atoms with E-state index in [1.165, 1.54) is 36.8 Å². The third-order valence-electron chi connectivity index (χ3n) is 5.10. The van der Waals surface area contributed by atoms with Gasteiger partial charge < -0.3 is 46.4 Å². The van der Waals surface area contributed by atoms with Crippen molar-refractivity contribution in [2.45, 2.75) is 23.6 Å². The molecule has 1 aromatic heterocycles. The number of anilines is 2. The largest absolute Gasteiger partial charge is 0.375 e. The van der Waals surface area contributed by atoms with E-state index >= 15 is 0 Å². The fourth-order valence-electron chi connectivity index (χ4n) is 3.21. The van der Waals surface area contributed by atoms with Crippen molar-refractivity contribution in [1.82, 2.24) is 10.3 Å². The van der Waals surface area contributed by atoms with Crippen LogP contribution in [-0.2, 0) is 21.1 Å². The Morgan fingerprint density at radius 3 is 2.23 bits per heavy atom. The van der Waals surface area contributed by atoms with Gasteiger partial charge in [-0.1, -0.05) is 42.5 Å². The van der Waals surface area contributed by atoms with Gasteiger partial charge in [0.05, 0.1) is 6.54 Å². The minimum atomic E-state index is -2.93. The lowest BCUT2D eigenvalue weighted by Gasteiger charge is -2.34. The van der Waals surface area contributed by atoms with E-state index in [-0.39, 0.29) is 22.1 Å². The van der Waals surface area contributed by atoms with E-state index in [2.05, 4.69) is 15.6 Å². The van der Waals surface area contributed by atoms with Gasteiger partial charge >= 0.3 is 0 Å². The van der Waals surface area contributed by atoms with Crippen LogP contribution < -0.4 is 16.4 Å². The van der Waals surface area contributed by atoms with E-state index in [0.717, 1.165) is 11.3 Å². The van der Waals surface area contributed by atoms with Gasteiger partial charge in [-0.25, -0.2) is 4.98 Å². The molecule has 10 N–H and O–H groups in total. The summed E-state index contributed by atoms with van der Waals surface area (Å²) < 4.78 is 5.17. The van der Waals surface area contributed by atoms with E-state index in [0.29, 0.717) is 5.56 Å². The normalized spacial score (nSPS) is 13.5. The second-order valence-electron chi connectivity index (χ2n) is 7.70. The van der Waals surface area contributed by atoms with Crippen molar-refractivity contribution in [3.8, 4) is 0 Å². The van der Waals surface area contributed by atoms with Crippen molar-refractivity contribution in [1.29, 1.82) is 0 Å². The van der Waals surface area contributed by atoms with E-state index < -0.39 is 36.0 Å². The number of nitrogens with one attached hydrogen (secondary N) is 2. The van der Waals surface area contributed by atoms with Crippen LogP contribution in [0, 0.1) is 0 Å². The molecule has 0 saturated carbocycles. The number of amides is 1. The summed E-state index contributed by atoms with van der Waals surface area (Å²) in [7, 11) is 1.27. The number of benzene rings is 2. The highest BCUT2D eigenvalue weighted by Crippen LogP contribution is 2.28. The zero-order valence-corrected chi connectivity index (χ0v) is 19.3. The second kappa shape index (κ2) is 10.3. The molecule has 0 bridgehead atoms. The molecule has 0 spiro atoms. The standard InChI is InChI=1S/C22H26N4O8S/c1-34-17(13-5-3-2-4-6-13)22(32,33)24-12-20(28,29)14-7-9-15(10-8-14)25-18(27)21(30,31)16-11-35-19(23)26-16/h2-11,17,24,28-33H,12H2,1H3,(H2,23,26)(H,25,27). The lowest BCUT2D eigenvalue weighted by molar-refractivity contribution is -0.270. The summed E-state index contributed by atoms with van der Waals surface area (Å²) in [4.78, 5) is 16.0. The summed E-state index contributed by atoms with van der Waals surface area (Å²) in [6.07, 6.45) is -1.23. The molecule has 0 aliphatic carbocycles. The summed E-state index contributed by atoms with van der Waals surface area (Å²) in [5, 5.41) is 67.8. The maximum absolute atomic E-state index is 12.3. The van der Waals surface area contributed by atoms with E-state index in [4.69, 9.17) is 10.5 Å². The Morgan fingerprint density at radius 1 is 1.06 bits per heavy atom. The van der Waals surface area contributed by atoms with Crippen LogP contribution in [0.1, 0.15) is 22.9 Å². The van der Waals surface area contributed by atoms with Gasteiger partial charge in [0.15, 0.2) is 11.2 Å². The topological polar surface area (TPSA) is 211 Å². The number of methoxy groups -OCH3 is 1. The van der Waals surface area contributed by atoms with Crippen molar-refractivity contribution in [3.63, 3.8) is 0 Å². The highest BCUT2D eigenvalue weighted by atomic mass is 32.1. The fourth-order valence-corrected chi connectivity index (χ4v) is 3.81. The van der Waals surface area contributed by atoms with Gasteiger partial charge in [0.25, 0.3) is 17.6 Å². The molecule has 0 saturated heterocycles. The number of hydrogen-bond acceptors (Lipinski definition) is 12. The Kier molecular flexibility index (Phi) is 7.86. The van der Waals surface area contributed by atoms with Crippen molar-refractivity contribution in [3.05, 3.63) is 76.8 Å². The molecule has 1 amide bonds. The molecule has 1 unspecified atom stereocenters. The molecule has 0 aliphatic rings. The molecule has 35 heavy (non-hydrogen) atoms. The highest BCUT2D eigenvalue weighted by molar-refractivity contribution is 7.13. The van der Waals surface area contributed by atoms with Gasteiger partial charge in [-0.2, -0.15) is 0 Å². The van der Waals surface area contributed by atoms with Gasteiger partial charge in [-0.3, -0.25) is 10.1 Å². The first kappa shape index (κ1) is 26.6. The summed E-state index contributed by atoms with van der Waals surface area (Å²) in [6.45, 7) is -0.708. The Bertz CT molecular complexity index is 1140. The Hall–Kier alpha value is -2.98. The molecule has 0 aliphatic heterocycles. The van der Waals surface area contributed by atoms with Crippen LogP contribution in [0.2, 0.25) is 0 Å². The predicted molar refractivity (Wildman–Crippen MR) is 125 cm³/mol. The molecule has 0 radical (unpaired) electrons. The second-order valence-corrected chi connectivity index (χ2v) is 8.59. The third-order valence-corrected chi connectivity index (χ3v) is 5.77. The van der Waals surface area contributed by atoms with E-state index in [1.54, 1.807) is 30.3 Å². The SMILES string of the molecule is COC(c1ccccc1)C(O)(O)NCC(O)(O)c1ccc(NC(=O)C(O)(O)c2csc(N)n2)cc1. The minimum Gasteiger partial charge on any atom is -0.375 e. The number of nitrogens with zero attached hydrogens (tertiary/aromatic N) is 1. The van der Waals surface area contributed by atoms with Gasteiger partial charge in [-0.05, 0) is 17.7 Å². The van der Waals surface area contributed by atoms with Crippen molar-refractivity contribution < 1.29 is 40.2 Å². The van der Waals surface area contributed by atoms with Crippen LogP contribution in [0.4, 0.5) is 10.8 Å². The number of hydrogen-bond donors (Lipinski definition) is 9. The molecule has 12 nitrogen and oxygen atoms in total. The van der Waals surface area contributed by atoms with Crippen LogP contribution in [0.5, 0.6) is 0 Å². The van der Waals surface area contributed by atoms with Crippen LogP contribution in [0.3, 0.4) is 0 Å². The molecule has 3 aromatic rings. The highest BCUT2D eigenvalue weighted by Gasteiger charge is 2.40. The zero-order valence-electron chi connectivity index (χ0n) is 18.5. The number of aromatic nitrogens is 1. The van der Waals surface area contributed by atoms with Crippen LogP contribution in [0.15, 0.2) is 60.0 Å². The smallest absolute Gasteiger partial charge is 0.291 e. The number of thiazole rings is 1. The van der Waals surface area contributed by atoms with E-state index in [1.807, 2.05) is 0 Å². The van der Waals surface area contributed by atoms with Crippen molar-refractivity contribution in [2.24, 2.45) is 0 Å². The van der Waals surface area contributed by atoms with Gasteiger partial charge in [0.2, 0.25) is 5.79 Å². The van der Waals surface area contributed by atoms with Crippen LogP contribution in [0.25, 0.3) is 0 Å². The lowest BCUT2D eigenvalue weighted by atomic mass is 10.0. The van der Waals surface area contributed by atoms with Crippen LogP contribution >= 0.6 is 11.3 Å². The Labute approximate surface area is 203 Å². The number of nitrogen functional groups attached to an aromatic ring is 1. The quantitative estimate of drug-likeness (QED) is 0.156. The lowest BCUT2D eigenvalue weighted by Crippen LogP contribution is -2.55. The number of nitrogens with two attached hydrogens (primary N) is 1. The first-order valence-corrected chi connectivity index (χ1v) is 11.1. The van der Waals surface area contributed by atoms with Gasteiger partial charge in [0, 0.05) is 23.7 Å². The van der Waals surface area contributed by atoms with E-state index in [9.17, 15) is 35.4 Å². The predicted octanol–water partition coefficient (Wildman–Crippen LogP) is -0.746.